The number of carbonyl (C=O) groups is 1. The van der Waals surface area contributed by atoms with E-state index in [1.165, 1.54) is 7.05 Å². The lowest BCUT2D eigenvalue weighted by Crippen LogP contribution is -2.40. The van der Waals surface area contributed by atoms with Crippen LogP contribution in [-0.4, -0.2) is 38.2 Å². The van der Waals surface area contributed by atoms with Crippen LogP contribution in [0.5, 0.6) is 5.75 Å². The van der Waals surface area contributed by atoms with Crippen molar-refractivity contribution in [3.63, 3.8) is 0 Å². The highest BCUT2D eigenvalue weighted by molar-refractivity contribution is 5.66. The molecule has 0 aromatic heterocycles. The van der Waals surface area contributed by atoms with Crippen LogP contribution in [0.4, 0.5) is 4.79 Å². The maximum absolute atomic E-state index is 11.5. The third-order valence-corrected chi connectivity index (χ3v) is 4.67. The average Bonchev–Trinajstić information content (AvgIpc) is 3.25. The molecule has 4 rings (SSSR count). The van der Waals surface area contributed by atoms with Crippen molar-refractivity contribution in [2.45, 2.75) is 24.9 Å². The van der Waals surface area contributed by atoms with Crippen LogP contribution in [0, 0.1) is 11.8 Å². The zero-order chi connectivity index (χ0) is 15.8. The molecule has 1 saturated heterocycles. The highest BCUT2D eigenvalue weighted by Crippen LogP contribution is 2.53. The van der Waals surface area contributed by atoms with E-state index in [4.69, 9.17) is 18.9 Å². The maximum Gasteiger partial charge on any atom is 0.409 e. The van der Waals surface area contributed by atoms with Gasteiger partial charge >= 0.3 is 6.09 Å². The van der Waals surface area contributed by atoms with Crippen LogP contribution in [0.25, 0.3) is 0 Å². The summed E-state index contributed by atoms with van der Waals surface area (Å²) in [6.45, 7) is 0.470. The monoisotopic (exact) mass is 317 g/mol. The Balaban J connectivity index is 1.45. The summed E-state index contributed by atoms with van der Waals surface area (Å²) in [5.74, 6) is 1.13. The van der Waals surface area contributed by atoms with E-state index >= 15 is 0 Å². The number of hydrogen-bond donors (Lipinski definition) is 1. The fourth-order valence-corrected chi connectivity index (χ4v) is 3.49. The molecule has 1 amide bonds. The van der Waals surface area contributed by atoms with Crippen molar-refractivity contribution in [1.82, 2.24) is 5.32 Å². The lowest BCUT2D eigenvalue weighted by molar-refractivity contribution is -0.127. The summed E-state index contributed by atoms with van der Waals surface area (Å²) in [6.07, 6.45) is 1.89. The van der Waals surface area contributed by atoms with Crippen LogP contribution in [0.15, 0.2) is 42.2 Å². The molecular weight excluding hydrogens is 298 g/mol. The number of carbonyl (C=O) groups excluding carboxylic acids is 1. The SMILES string of the molecule is CNC(=O)OC1OC=C(COc2ccccc2)C2CC3OC3C12. The molecule has 6 nitrogen and oxygen atoms in total. The van der Waals surface area contributed by atoms with Gasteiger partial charge in [-0.15, -0.1) is 0 Å². The van der Waals surface area contributed by atoms with Crippen LogP contribution >= 0.6 is 0 Å². The number of epoxide rings is 1. The summed E-state index contributed by atoms with van der Waals surface area (Å²) in [7, 11) is 1.53. The first kappa shape index (κ1) is 14.4. The Morgan fingerprint density at radius 3 is 2.96 bits per heavy atom. The second-order valence-corrected chi connectivity index (χ2v) is 6.01. The van der Waals surface area contributed by atoms with E-state index in [-0.39, 0.29) is 24.0 Å². The minimum atomic E-state index is -0.599. The Kier molecular flexibility index (Phi) is 3.61. The van der Waals surface area contributed by atoms with Gasteiger partial charge in [0.25, 0.3) is 6.29 Å². The van der Waals surface area contributed by atoms with Crippen LogP contribution in [0.2, 0.25) is 0 Å². The fourth-order valence-electron chi connectivity index (χ4n) is 3.49. The van der Waals surface area contributed by atoms with Gasteiger partial charge in [-0.2, -0.15) is 0 Å². The molecule has 2 heterocycles. The number of benzene rings is 1. The predicted octanol–water partition coefficient (Wildman–Crippen LogP) is 2.07. The molecule has 23 heavy (non-hydrogen) atoms. The molecule has 0 bridgehead atoms. The molecule has 0 spiro atoms. The smallest absolute Gasteiger partial charge is 0.409 e. The number of fused-ring (bicyclic) bond motifs is 3. The summed E-state index contributed by atoms with van der Waals surface area (Å²) >= 11 is 0. The van der Waals surface area contributed by atoms with Crippen LogP contribution in [0.1, 0.15) is 6.42 Å². The molecule has 6 heteroatoms. The second-order valence-electron chi connectivity index (χ2n) is 6.01. The molecule has 1 aliphatic carbocycles. The molecule has 1 N–H and O–H groups in total. The van der Waals surface area contributed by atoms with Gasteiger partial charge in [-0.1, -0.05) is 18.2 Å². The maximum atomic E-state index is 11.5. The predicted molar refractivity (Wildman–Crippen MR) is 80.7 cm³/mol. The molecule has 1 aromatic carbocycles. The highest BCUT2D eigenvalue weighted by atomic mass is 16.7. The van der Waals surface area contributed by atoms with Gasteiger partial charge in [0.2, 0.25) is 0 Å². The Morgan fingerprint density at radius 1 is 1.35 bits per heavy atom. The molecule has 122 valence electrons. The van der Waals surface area contributed by atoms with Gasteiger partial charge in [-0.05, 0) is 18.6 Å². The van der Waals surface area contributed by atoms with Gasteiger partial charge in [0.05, 0.1) is 24.4 Å². The zero-order valence-electron chi connectivity index (χ0n) is 12.8. The van der Waals surface area contributed by atoms with Crippen molar-refractivity contribution in [2.24, 2.45) is 11.8 Å². The summed E-state index contributed by atoms with van der Waals surface area (Å²) in [5.41, 5.74) is 1.09. The second kappa shape index (κ2) is 5.77. The number of hydrogen-bond acceptors (Lipinski definition) is 5. The first-order valence-electron chi connectivity index (χ1n) is 7.82. The number of para-hydroxylation sites is 1. The topological polar surface area (TPSA) is 69.3 Å². The summed E-state index contributed by atoms with van der Waals surface area (Å²) in [4.78, 5) is 11.5. The molecule has 3 aliphatic rings. The first-order chi connectivity index (χ1) is 11.3. The van der Waals surface area contributed by atoms with Gasteiger partial charge in [0, 0.05) is 18.5 Å². The Labute approximate surface area is 134 Å². The third-order valence-electron chi connectivity index (χ3n) is 4.67. The number of amides is 1. The largest absolute Gasteiger partial charge is 0.489 e. The molecule has 2 fully saturated rings. The minimum absolute atomic E-state index is 0.0386. The molecule has 5 unspecified atom stereocenters. The van der Waals surface area contributed by atoms with Crippen molar-refractivity contribution in [1.29, 1.82) is 0 Å². The third kappa shape index (κ3) is 2.74. The highest BCUT2D eigenvalue weighted by Gasteiger charge is 2.61. The molecule has 2 aliphatic heterocycles. The van der Waals surface area contributed by atoms with E-state index in [0.29, 0.717) is 6.61 Å². The lowest BCUT2D eigenvalue weighted by Gasteiger charge is -2.34. The van der Waals surface area contributed by atoms with Crippen molar-refractivity contribution in [2.75, 3.05) is 13.7 Å². The Hall–Kier alpha value is -2.21. The van der Waals surface area contributed by atoms with Crippen LogP contribution < -0.4 is 10.1 Å². The van der Waals surface area contributed by atoms with Crippen LogP contribution in [-0.2, 0) is 14.2 Å². The average molecular weight is 317 g/mol. The Morgan fingerprint density at radius 2 is 2.17 bits per heavy atom. The first-order valence-corrected chi connectivity index (χ1v) is 7.82. The van der Waals surface area contributed by atoms with Gasteiger partial charge in [-0.3, -0.25) is 0 Å². The molecule has 1 aromatic rings. The molecule has 1 saturated carbocycles. The Bertz CT molecular complexity index is 617. The van der Waals surface area contributed by atoms with E-state index in [2.05, 4.69) is 5.32 Å². The normalized spacial score (nSPS) is 33.6. The van der Waals surface area contributed by atoms with Gasteiger partial charge < -0.3 is 24.3 Å². The number of nitrogens with one attached hydrogen (secondary N) is 1. The summed E-state index contributed by atoms with van der Waals surface area (Å²) in [5, 5.41) is 2.45. The van der Waals surface area contributed by atoms with E-state index in [0.717, 1.165) is 17.7 Å². The molecule has 0 radical (unpaired) electrons. The van der Waals surface area contributed by atoms with Gasteiger partial charge in [0.15, 0.2) is 0 Å². The van der Waals surface area contributed by atoms with E-state index in [9.17, 15) is 4.79 Å². The fraction of sp³-hybridized carbons (Fsp3) is 0.471. The summed E-state index contributed by atoms with van der Waals surface area (Å²) < 4.78 is 22.4. The molecular formula is C17H19NO5. The van der Waals surface area contributed by atoms with Gasteiger partial charge in [0.1, 0.15) is 12.4 Å². The lowest BCUT2D eigenvalue weighted by atomic mass is 9.86. The van der Waals surface area contributed by atoms with E-state index in [1.807, 2.05) is 30.3 Å². The summed E-state index contributed by atoms with van der Waals surface area (Å²) in [6, 6.07) is 9.68. The molecule has 5 atom stereocenters. The van der Waals surface area contributed by atoms with Crippen molar-refractivity contribution in [3.05, 3.63) is 42.2 Å². The standard InChI is InChI=1S/C17H19NO5/c1-18-17(19)23-16-14-12(7-13-15(14)22-13)10(9-21-16)8-20-11-5-3-2-4-6-11/h2-6,9,12-16H,7-8H2,1H3,(H,18,19). The van der Waals surface area contributed by atoms with Crippen molar-refractivity contribution >= 4 is 6.09 Å². The minimum Gasteiger partial charge on any atom is -0.489 e. The van der Waals surface area contributed by atoms with Crippen molar-refractivity contribution in [3.8, 4) is 5.75 Å². The number of rotatable bonds is 4. The quantitative estimate of drug-likeness (QED) is 0.861. The van der Waals surface area contributed by atoms with Crippen LogP contribution in [0.3, 0.4) is 0 Å². The van der Waals surface area contributed by atoms with Gasteiger partial charge in [-0.25, -0.2) is 4.79 Å². The van der Waals surface area contributed by atoms with Crippen molar-refractivity contribution < 1.29 is 23.7 Å². The van der Waals surface area contributed by atoms with E-state index < -0.39 is 12.4 Å². The zero-order valence-corrected chi connectivity index (χ0v) is 12.8. The van der Waals surface area contributed by atoms with E-state index in [1.54, 1.807) is 6.26 Å². The number of ether oxygens (including phenoxy) is 4. The number of alkyl carbamates (subject to hydrolysis) is 1.